The Morgan fingerprint density at radius 1 is 1.03 bits per heavy atom. The number of carbonyl (C=O) groups is 2. The Hall–Kier alpha value is -3.75. The summed E-state index contributed by atoms with van der Waals surface area (Å²) in [5.74, 6) is -0.718. The molecule has 0 saturated heterocycles. The Bertz CT molecular complexity index is 1120. The molecule has 0 saturated carbocycles. The van der Waals surface area contributed by atoms with E-state index in [0.29, 0.717) is 28.2 Å². The van der Waals surface area contributed by atoms with Crippen molar-refractivity contribution in [3.05, 3.63) is 52.4 Å². The molecule has 29 heavy (non-hydrogen) atoms. The molecule has 5 N–H and O–H groups in total. The molecule has 1 atom stereocenters. The standard InChI is InChI=1S/C20H22N4O5/c1-10(2)28-17-7-4-12(8-14(17)21)19(26)29-11(3)18(25)22-13-5-6-15-16(9-13)24-20(27)23-15/h4-11H,21H2,1-3H3,(H,22,25)(H2,23,24,27). The Kier molecular flexibility index (Phi) is 5.58. The average molecular weight is 398 g/mol. The number of benzene rings is 2. The van der Waals surface area contributed by atoms with E-state index in [2.05, 4.69) is 15.3 Å². The lowest BCUT2D eigenvalue weighted by atomic mass is 10.2. The zero-order chi connectivity index (χ0) is 21.1. The molecule has 0 aliphatic heterocycles. The van der Waals surface area contributed by atoms with Gasteiger partial charge in [0.25, 0.3) is 5.91 Å². The van der Waals surface area contributed by atoms with Crippen LogP contribution in [0, 0.1) is 0 Å². The Morgan fingerprint density at radius 3 is 2.45 bits per heavy atom. The first-order chi connectivity index (χ1) is 13.7. The number of hydrogen-bond donors (Lipinski definition) is 4. The van der Waals surface area contributed by atoms with Crippen molar-refractivity contribution in [1.29, 1.82) is 0 Å². The Labute approximate surface area is 166 Å². The van der Waals surface area contributed by atoms with Gasteiger partial charge in [0.1, 0.15) is 5.75 Å². The largest absolute Gasteiger partial charge is 0.489 e. The lowest BCUT2D eigenvalue weighted by Crippen LogP contribution is -2.30. The number of nitrogen functional groups attached to an aromatic ring is 1. The molecule has 1 heterocycles. The molecule has 0 bridgehead atoms. The van der Waals surface area contributed by atoms with E-state index in [0.717, 1.165) is 0 Å². The molecular weight excluding hydrogens is 376 g/mol. The number of imidazole rings is 1. The molecule has 152 valence electrons. The van der Waals surface area contributed by atoms with Crippen molar-refractivity contribution < 1.29 is 19.1 Å². The van der Waals surface area contributed by atoms with Gasteiger partial charge in [-0.1, -0.05) is 0 Å². The summed E-state index contributed by atoms with van der Waals surface area (Å²) in [7, 11) is 0. The number of esters is 1. The Morgan fingerprint density at radius 2 is 1.76 bits per heavy atom. The van der Waals surface area contributed by atoms with Crippen molar-refractivity contribution >= 4 is 34.3 Å². The molecule has 0 aliphatic rings. The molecule has 3 aromatic rings. The van der Waals surface area contributed by atoms with Crippen molar-refractivity contribution in [3.63, 3.8) is 0 Å². The highest BCUT2D eigenvalue weighted by Crippen LogP contribution is 2.24. The average Bonchev–Trinajstić information content (AvgIpc) is 3.02. The van der Waals surface area contributed by atoms with Crippen LogP contribution in [0.5, 0.6) is 5.75 Å². The van der Waals surface area contributed by atoms with E-state index in [1.807, 2.05) is 13.8 Å². The van der Waals surface area contributed by atoms with Crippen LogP contribution in [0.25, 0.3) is 11.0 Å². The summed E-state index contributed by atoms with van der Waals surface area (Å²) >= 11 is 0. The lowest BCUT2D eigenvalue weighted by molar-refractivity contribution is -0.123. The number of nitrogens with one attached hydrogen (secondary N) is 3. The summed E-state index contributed by atoms with van der Waals surface area (Å²) in [6.45, 7) is 5.20. The fourth-order valence-corrected chi connectivity index (χ4v) is 2.67. The number of aromatic nitrogens is 2. The maximum Gasteiger partial charge on any atom is 0.338 e. The molecule has 0 fully saturated rings. The summed E-state index contributed by atoms with van der Waals surface area (Å²) in [6, 6.07) is 9.45. The van der Waals surface area contributed by atoms with Gasteiger partial charge in [0, 0.05) is 5.69 Å². The number of fused-ring (bicyclic) bond motifs is 1. The summed E-state index contributed by atoms with van der Waals surface area (Å²) in [6.07, 6.45) is -1.10. The molecule has 9 nitrogen and oxygen atoms in total. The molecular formula is C20H22N4O5. The third-order valence-electron chi connectivity index (χ3n) is 4.04. The van der Waals surface area contributed by atoms with Crippen LogP contribution in [0.15, 0.2) is 41.2 Å². The summed E-state index contributed by atoms with van der Waals surface area (Å²) in [5.41, 5.74) is 7.72. The van der Waals surface area contributed by atoms with Crippen LogP contribution in [0.3, 0.4) is 0 Å². The van der Waals surface area contributed by atoms with Gasteiger partial charge in [0.05, 0.1) is 28.4 Å². The molecule has 0 aliphatic carbocycles. The predicted octanol–water partition coefficient (Wildman–Crippen LogP) is 2.41. The summed E-state index contributed by atoms with van der Waals surface area (Å²) in [4.78, 5) is 41.2. The predicted molar refractivity (Wildman–Crippen MR) is 109 cm³/mol. The van der Waals surface area contributed by atoms with E-state index in [1.54, 1.807) is 24.3 Å². The molecule has 9 heteroatoms. The third-order valence-corrected chi connectivity index (χ3v) is 4.04. The molecule has 0 spiro atoms. The first-order valence-electron chi connectivity index (χ1n) is 9.03. The van der Waals surface area contributed by atoms with Crippen LogP contribution < -0.4 is 21.5 Å². The van der Waals surface area contributed by atoms with Crippen LogP contribution in [0.4, 0.5) is 11.4 Å². The fourth-order valence-electron chi connectivity index (χ4n) is 2.67. The van der Waals surface area contributed by atoms with Crippen LogP contribution in [0.2, 0.25) is 0 Å². The highest BCUT2D eigenvalue weighted by atomic mass is 16.5. The highest BCUT2D eigenvalue weighted by molar-refractivity contribution is 5.98. The van der Waals surface area contributed by atoms with Crippen molar-refractivity contribution in [3.8, 4) is 5.75 Å². The van der Waals surface area contributed by atoms with E-state index < -0.39 is 18.0 Å². The van der Waals surface area contributed by atoms with Gasteiger partial charge in [-0.25, -0.2) is 9.59 Å². The van der Waals surface area contributed by atoms with Crippen molar-refractivity contribution in [1.82, 2.24) is 9.97 Å². The maximum absolute atomic E-state index is 12.4. The minimum absolute atomic E-state index is 0.0536. The first kappa shape index (κ1) is 20.0. The third kappa shape index (κ3) is 4.75. The second-order valence-electron chi connectivity index (χ2n) is 6.80. The Balaban J connectivity index is 1.64. The first-order valence-corrected chi connectivity index (χ1v) is 9.03. The number of rotatable bonds is 6. The van der Waals surface area contributed by atoms with E-state index in [4.69, 9.17) is 15.2 Å². The summed E-state index contributed by atoms with van der Waals surface area (Å²) in [5, 5.41) is 2.65. The van der Waals surface area contributed by atoms with Crippen LogP contribution in [-0.2, 0) is 9.53 Å². The number of ether oxygens (including phenoxy) is 2. The van der Waals surface area contributed by atoms with E-state index in [-0.39, 0.29) is 17.4 Å². The van der Waals surface area contributed by atoms with Crippen molar-refractivity contribution in [2.75, 3.05) is 11.1 Å². The molecule has 1 unspecified atom stereocenters. The van der Waals surface area contributed by atoms with E-state index in [1.165, 1.54) is 19.1 Å². The minimum Gasteiger partial charge on any atom is -0.489 e. The number of nitrogens with two attached hydrogens (primary N) is 1. The second-order valence-corrected chi connectivity index (χ2v) is 6.80. The quantitative estimate of drug-likeness (QED) is 0.371. The van der Waals surface area contributed by atoms with Gasteiger partial charge in [-0.3, -0.25) is 4.79 Å². The number of amides is 1. The molecule has 1 aromatic heterocycles. The van der Waals surface area contributed by atoms with Gasteiger partial charge in [-0.2, -0.15) is 0 Å². The van der Waals surface area contributed by atoms with E-state index in [9.17, 15) is 14.4 Å². The number of H-pyrrole nitrogens is 2. The number of hydrogen-bond acceptors (Lipinski definition) is 6. The van der Waals surface area contributed by atoms with Gasteiger partial charge in [-0.15, -0.1) is 0 Å². The van der Waals surface area contributed by atoms with Gasteiger partial charge in [-0.05, 0) is 57.2 Å². The van der Waals surface area contributed by atoms with Crippen molar-refractivity contribution in [2.45, 2.75) is 33.0 Å². The van der Waals surface area contributed by atoms with Crippen molar-refractivity contribution in [2.24, 2.45) is 0 Å². The molecule has 3 rings (SSSR count). The van der Waals surface area contributed by atoms with Gasteiger partial charge >= 0.3 is 11.7 Å². The van der Waals surface area contributed by atoms with Crippen LogP contribution in [0.1, 0.15) is 31.1 Å². The monoisotopic (exact) mass is 398 g/mol. The maximum atomic E-state index is 12.4. The number of aromatic amines is 2. The fraction of sp³-hybridized carbons (Fsp3) is 0.250. The second kappa shape index (κ2) is 8.09. The SMILES string of the molecule is CC(C)Oc1ccc(C(=O)OC(C)C(=O)Nc2ccc3[nH]c(=O)[nH]c3c2)cc1N. The normalized spacial score (nSPS) is 12.0. The van der Waals surface area contributed by atoms with Crippen LogP contribution >= 0.6 is 0 Å². The van der Waals surface area contributed by atoms with Gasteiger partial charge < -0.3 is 30.5 Å². The van der Waals surface area contributed by atoms with Gasteiger partial charge in [0.2, 0.25) is 0 Å². The number of carbonyl (C=O) groups excluding carboxylic acids is 2. The summed E-state index contributed by atoms with van der Waals surface area (Å²) < 4.78 is 10.8. The number of anilines is 2. The minimum atomic E-state index is -1.05. The van der Waals surface area contributed by atoms with Gasteiger partial charge in [0.15, 0.2) is 6.10 Å². The topological polar surface area (TPSA) is 139 Å². The smallest absolute Gasteiger partial charge is 0.338 e. The van der Waals surface area contributed by atoms with E-state index >= 15 is 0 Å². The highest BCUT2D eigenvalue weighted by Gasteiger charge is 2.20. The molecule has 1 amide bonds. The zero-order valence-electron chi connectivity index (χ0n) is 16.2. The zero-order valence-corrected chi connectivity index (χ0v) is 16.2. The molecule has 0 radical (unpaired) electrons. The molecule has 2 aromatic carbocycles. The lowest BCUT2D eigenvalue weighted by Gasteiger charge is -2.15. The van der Waals surface area contributed by atoms with Crippen LogP contribution in [-0.4, -0.2) is 34.1 Å².